The van der Waals surface area contributed by atoms with Crippen molar-refractivity contribution in [2.75, 3.05) is 18.4 Å². The van der Waals surface area contributed by atoms with Gasteiger partial charge in [-0.05, 0) is 41.7 Å². The van der Waals surface area contributed by atoms with Gasteiger partial charge in [-0.2, -0.15) is 5.10 Å². The van der Waals surface area contributed by atoms with Crippen LogP contribution in [0.1, 0.15) is 56.5 Å². The van der Waals surface area contributed by atoms with Crippen molar-refractivity contribution in [2.24, 2.45) is 0 Å². The number of benzene rings is 3. The van der Waals surface area contributed by atoms with Crippen molar-refractivity contribution in [1.29, 1.82) is 0 Å². The van der Waals surface area contributed by atoms with E-state index < -0.39 is 0 Å². The highest BCUT2D eigenvalue weighted by molar-refractivity contribution is 6.32. The fourth-order valence-corrected chi connectivity index (χ4v) is 4.50. The van der Waals surface area contributed by atoms with E-state index in [4.69, 9.17) is 16.7 Å². The maximum Gasteiger partial charge on any atom is 0.254 e. The van der Waals surface area contributed by atoms with Crippen LogP contribution < -0.4 is 5.32 Å². The van der Waals surface area contributed by atoms with Crippen molar-refractivity contribution in [3.8, 4) is 16.9 Å². The van der Waals surface area contributed by atoms with Gasteiger partial charge < -0.3 is 10.2 Å². The van der Waals surface area contributed by atoms with Gasteiger partial charge in [0, 0.05) is 23.7 Å². The van der Waals surface area contributed by atoms with Gasteiger partial charge in [-0.15, -0.1) is 0 Å². The Bertz CT molecular complexity index is 1420. The van der Waals surface area contributed by atoms with Crippen molar-refractivity contribution in [2.45, 2.75) is 46.0 Å². The molecule has 4 rings (SSSR count). The van der Waals surface area contributed by atoms with Gasteiger partial charge >= 0.3 is 0 Å². The standard InChI is InChI=1S/C32H35ClN4O2/c1-5-6-20-36(31(39)24-16-18-25(19-17-24)32(2,3)4)22-30(38)34-29-21-27(23-12-8-7-9-13-23)35-37(29)28-15-11-10-14-26(28)33/h7-19,21H,5-6,20,22H2,1-4H3,(H,34,38). The summed E-state index contributed by atoms with van der Waals surface area (Å²) in [5.41, 5.74) is 3.97. The average Bonchev–Trinajstić information content (AvgIpc) is 3.34. The number of halogens is 1. The molecule has 7 heteroatoms. The third-order valence-electron chi connectivity index (χ3n) is 6.53. The molecule has 0 radical (unpaired) electrons. The minimum atomic E-state index is -0.307. The van der Waals surface area contributed by atoms with Gasteiger partial charge in [0.1, 0.15) is 12.4 Å². The molecule has 0 saturated carbocycles. The summed E-state index contributed by atoms with van der Waals surface area (Å²) < 4.78 is 1.63. The lowest BCUT2D eigenvalue weighted by atomic mass is 9.86. The van der Waals surface area contributed by atoms with Crippen molar-refractivity contribution in [1.82, 2.24) is 14.7 Å². The highest BCUT2D eigenvalue weighted by atomic mass is 35.5. The summed E-state index contributed by atoms with van der Waals surface area (Å²) in [7, 11) is 0. The van der Waals surface area contributed by atoms with Gasteiger partial charge in [0.2, 0.25) is 5.91 Å². The second-order valence-corrected chi connectivity index (χ2v) is 11.0. The molecule has 0 fully saturated rings. The zero-order valence-corrected chi connectivity index (χ0v) is 23.7. The molecule has 0 atom stereocenters. The fraction of sp³-hybridized carbons (Fsp3) is 0.281. The average molecular weight is 543 g/mol. The molecule has 0 aliphatic heterocycles. The number of anilines is 1. The predicted octanol–water partition coefficient (Wildman–Crippen LogP) is 7.37. The third-order valence-corrected chi connectivity index (χ3v) is 6.85. The Kier molecular flexibility index (Phi) is 8.87. The molecular weight excluding hydrogens is 508 g/mol. The quantitative estimate of drug-likeness (QED) is 0.240. The maximum atomic E-state index is 13.4. The molecule has 202 valence electrons. The second-order valence-electron chi connectivity index (χ2n) is 10.6. The third kappa shape index (κ3) is 6.95. The number of hydrogen-bond acceptors (Lipinski definition) is 3. The maximum absolute atomic E-state index is 13.4. The van der Waals surface area contributed by atoms with Gasteiger partial charge in [-0.3, -0.25) is 9.59 Å². The molecule has 1 N–H and O–H groups in total. The number of hydrogen-bond donors (Lipinski definition) is 1. The Morgan fingerprint density at radius 2 is 1.62 bits per heavy atom. The molecule has 0 aliphatic rings. The van der Waals surface area contributed by atoms with Crippen LogP contribution in [0.15, 0.2) is 84.9 Å². The summed E-state index contributed by atoms with van der Waals surface area (Å²) in [6, 6.07) is 26.6. The molecule has 0 spiro atoms. The van der Waals surface area contributed by atoms with Crippen LogP contribution in [0.5, 0.6) is 0 Å². The molecular formula is C32H35ClN4O2. The smallest absolute Gasteiger partial charge is 0.254 e. The Morgan fingerprint density at radius 3 is 2.26 bits per heavy atom. The molecule has 4 aromatic rings. The Hall–Kier alpha value is -3.90. The molecule has 39 heavy (non-hydrogen) atoms. The molecule has 2 amide bonds. The second kappa shape index (κ2) is 12.3. The Labute approximate surface area is 235 Å². The van der Waals surface area contributed by atoms with E-state index in [1.54, 1.807) is 15.6 Å². The fourth-order valence-electron chi connectivity index (χ4n) is 4.28. The lowest BCUT2D eigenvalue weighted by Gasteiger charge is -2.23. The van der Waals surface area contributed by atoms with Crippen LogP contribution in [0.2, 0.25) is 5.02 Å². The van der Waals surface area contributed by atoms with Crippen LogP contribution >= 0.6 is 11.6 Å². The summed E-state index contributed by atoms with van der Waals surface area (Å²) in [4.78, 5) is 28.4. The molecule has 0 saturated heterocycles. The molecule has 3 aromatic carbocycles. The first-order chi connectivity index (χ1) is 18.7. The highest BCUT2D eigenvalue weighted by Crippen LogP contribution is 2.28. The van der Waals surface area contributed by atoms with Crippen LogP contribution in [0.4, 0.5) is 5.82 Å². The van der Waals surface area contributed by atoms with Crippen LogP contribution in [-0.2, 0) is 10.2 Å². The zero-order chi connectivity index (χ0) is 28.0. The Morgan fingerprint density at radius 1 is 0.949 bits per heavy atom. The zero-order valence-electron chi connectivity index (χ0n) is 22.9. The van der Waals surface area contributed by atoms with Gasteiger partial charge in [-0.1, -0.05) is 100 Å². The number of aromatic nitrogens is 2. The van der Waals surface area contributed by atoms with Crippen LogP contribution in [-0.4, -0.2) is 39.6 Å². The number of amides is 2. The summed E-state index contributed by atoms with van der Waals surface area (Å²) >= 11 is 6.49. The molecule has 1 aromatic heterocycles. The van der Waals surface area contributed by atoms with Crippen LogP contribution in [0.3, 0.4) is 0 Å². The van der Waals surface area contributed by atoms with E-state index in [1.165, 1.54) is 0 Å². The van der Waals surface area contributed by atoms with E-state index in [-0.39, 0.29) is 23.8 Å². The van der Waals surface area contributed by atoms with Gasteiger partial charge in [0.25, 0.3) is 5.91 Å². The van der Waals surface area contributed by atoms with Crippen molar-refractivity contribution < 1.29 is 9.59 Å². The highest BCUT2D eigenvalue weighted by Gasteiger charge is 2.22. The summed E-state index contributed by atoms with van der Waals surface area (Å²) in [6.45, 7) is 8.89. The van der Waals surface area contributed by atoms with Crippen LogP contribution in [0.25, 0.3) is 16.9 Å². The van der Waals surface area contributed by atoms with Crippen molar-refractivity contribution >= 4 is 29.2 Å². The van der Waals surface area contributed by atoms with E-state index in [9.17, 15) is 9.59 Å². The van der Waals surface area contributed by atoms with E-state index in [0.717, 1.165) is 24.0 Å². The van der Waals surface area contributed by atoms with E-state index in [0.29, 0.717) is 34.3 Å². The van der Waals surface area contributed by atoms with E-state index in [2.05, 4.69) is 33.0 Å². The summed E-state index contributed by atoms with van der Waals surface area (Å²) in [5, 5.41) is 8.23. The molecule has 1 heterocycles. The number of carbonyl (C=O) groups excluding carboxylic acids is 2. The van der Waals surface area contributed by atoms with Gasteiger partial charge in [0.15, 0.2) is 0 Å². The molecule has 6 nitrogen and oxygen atoms in total. The number of nitrogens with zero attached hydrogens (tertiary/aromatic N) is 3. The topological polar surface area (TPSA) is 67.2 Å². The molecule has 0 aliphatic carbocycles. The summed E-state index contributed by atoms with van der Waals surface area (Å²) in [5.74, 6) is 0.00611. The SMILES string of the molecule is CCCCN(CC(=O)Nc1cc(-c2ccccc2)nn1-c1ccccc1Cl)C(=O)c1ccc(C(C)(C)C)cc1. The Balaban J connectivity index is 1.59. The summed E-state index contributed by atoms with van der Waals surface area (Å²) in [6.07, 6.45) is 1.71. The molecule has 0 unspecified atom stereocenters. The minimum Gasteiger partial charge on any atom is -0.329 e. The lowest BCUT2D eigenvalue weighted by Crippen LogP contribution is -2.39. The number of para-hydroxylation sites is 1. The minimum absolute atomic E-state index is 0.00738. The number of nitrogens with one attached hydrogen (secondary N) is 1. The van der Waals surface area contributed by atoms with Crippen molar-refractivity contribution in [3.63, 3.8) is 0 Å². The number of carbonyl (C=O) groups is 2. The van der Waals surface area contributed by atoms with Crippen LogP contribution in [0, 0.1) is 0 Å². The first-order valence-corrected chi connectivity index (χ1v) is 13.6. The largest absolute Gasteiger partial charge is 0.329 e. The predicted molar refractivity (Wildman–Crippen MR) is 159 cm³/mol. The van der Waals surface area contributed by atoms with E-state index >= 15 is 0 Å². The monoisotopic (exact) mass is 542 g/mol. The van der Waals surface area contributed by atoms with E-state index in [1.807, 2.05) is 78.9 Å². The lowest BCUT2D eigenvalue weighted by molar-refractivity contribution is -0.117. The number of unbranched alkanes of at least 4 members (excludes halogenated alkanes) is 1. The molecule has 0 bridgehead atoms. The normalized spacial score (nSPS) is 11.3. The number of rotatable bonds is 9. The first-order valence-electron chi connectivity index (χ1n) is 13.3. The van der Waals surface area contributed by atoms with Crippen molar-refractivity contribution in [3.05, 3.63) is 101 Å². The first kappa shape index (κ1) is 28.1. The van der Waals surface area contributed by atoms with Gasteiger partial charge in [-0.25, -0.2) is 4.68 Å². The van der Waals surface area contributed by atoms with Gasteiger partial charge in [0.05, 0.1) is 16.4 Å².